The summed E-state index contributed by atoms with van der Waals surface area (Å²) in [6, 6.07) is 8.47. The lowest BCUT2D eigenvalue weighted by molar-refractivity contribution is -0.392. The molecule has 0 aliphatic rings. The zero-order valence-electron chi connectivity index (χ0n) is 14.8. The zero-order valence-corrected chi connectivity index (χ0v) is 14.8. The molecule has 0 amide bonds. The molecule has 24 heavy (non-hydrogen) atoms. The molecule has 0 atom stereocenters. The van der Waals surface area contributed by atoms with Crippen molar-refractivity contribution in [1.82, 2.24) is 14.5 Å². The van der Waals surface area contributed by atoms with Crippen molar-refractivity contribution in [2.75, 3.05) is 32.4 Å². The summed E-state index contributed by atoms with van der Waals surface area (Å²) in [5.41, 5.74) is 9.40. The molecule has 0 aliphatic heterocycles. The van der Waals surface area contributed by atoms with Crippen molar-refractivity contribution in [3.05, 3.63) is 30.5 Å². The Hall–Kier alpha value is -2.40. The second-order valence-electron chi connectivity index (χ2n) is 6.15. The Balaban J connectivity index is 2.27. The van der Waals surface area contributed by atoms with E-state index in [1.54, 1.807) is 0 Å². The molecule has 0 saturated carbocycles. The maximum atomic E-state index is 6.17. The van der Waals surface area contributed by atoms with E-state index >= 15 is 0 Å². The molecule has 0 unspecified atom stereocenters. The smallest absolute Gasteiger partial charge is 0.271 e. The first-order valence-electron chi connectivity index (χ1n) is 8.50. The summed E-state index contributed by atoms with van der Waals surface area (Å²) in [4.78, 5) is 6.82. The molecule has 126 valence electrons. The number of para-hydroxylation sites is 1. The van der Waals surface area contributed by atoms with Crippen molar-refractivity contribution in [2.24, 2.45) is 0 Å². The van der Waals surface area contributed by atoms with Gasteiger partial charge in [0.05, 0.1) is 0 Å². The van der Waals surface area contributed by atoms with Gasteiger partial charge in [-0.2, -0.15) is 0 Å². The molecule has 2 heterocycles. The molecule has 0 bridgehead atoms. The van der Waals surface area contributed by atoms with Gasteiger partial charge >= 0.3 is 0 Å². The van der Waals surface area contributed by atoms with E-state index < -0.39 is 0 Å². The Morgan fingerprint density at radius 2 is 1.92 bits per heavy atom. The van der Waals surface area contributed by atoms with Crippen molar-refractivity contribution in [3.8, 4) is 0 Å². The monoisotopic (exact) mass is 324 g/mol. The normalized spacial score (nSPS) is 11.7. The van der Waals surface area contributed by atoms with Crippen molar-refractivity contribution < 1.29 is 4.58 Å². The largest absolute Gasteiger partial charge is 0.378 e. The van der Waals surface area contributed by atoms with Crippen LogP contribution in [0.15, 0.2) is 30.5 Å². The topological polar surface area (TPSA) is 50.1 Å². The van der Waals surface area contributed by atoms with E-state index in [0.29, 0.717) is 5.82 Å². The van der Waals surface area contributed by atoms with Gasteiger partial charge in [0.15, 0.2) is 5.82 Å². The molecule has 5 heteroatoms. The van der Waals surface area contributed by atoms with E-state index in [9.17, 15) is 0 Å². The van der Waals surface area contributed by atoms with Gasteiger partial charge in [-0.1, -0.05) is 32.0 Å². The van der Waals surface area contributed by atoms with Gasteiger partial charge in [-0.15, -0.1) is 0 Å². The minimum absolute atomic E-state index is 0.520. The highest BCUT2D eigenvalue weighted by Gasteiger charge is 2.22. The fraction of sp³-hybridized carbons (Fsp3) is 0.368. The number of hydrogen-bond acceptors (Lipinski definition) is 3. The van der Waals surface area contributed by atoms with E-state index in [4.69, 9.17) is 5.73 Å². The SMILES string of the molecule is C=[N+](C)c1c(N)ncc2c3ccccc3n(CCN(CC)CC)c12. The summed E-state index contributed by atoms with van der Waals surface area (Å²) in [6.45, 7) is 12.5. The number of nitrogen functional groups attached to an aromatic ring is 1. The quantitative estimate of drug-likeness (QED) is 0.560. The van der Waals surface area contributed by atoms with Crippen LogP contribution in [0, 0.1) is 0 Å². The molecule has 1 aromatic carbocycles. The molecule has 2 aromatic heterocycles. The molecule has 0 aliphatic carbocycles. The molecule has 2 N–H and O–H groups in total. The number of rotatable bonds is 6. The maximum Gasteiger partial charge on any atom is 0.271 e. The second-order valence-corrected chi connectivity index (χ2v) is 6.15. The van der Waals surface area contributed by atoms with E-state index in [1.165, 1.54) is 10.9 Å². The van der Waals surface area contributed by atoms with Crippen molar-refractivity contribution in [2.45, 2.75) is 20.4 Å². The number of benzene rings is 1. The fourth-order valence-electron chi connectivity index (χ4n) is 3.42. The van der Waals surface area contributed by atoms with Gasteiger partial charge in [0.2, 0.25) is 0 Å². The summed E-state index contributed by atoms with van der Waals surface area (Å²) >= 11 is 0. The predicted octanol–water partition coefficient (Wildman–Crippen LogP) is 3.09. The maximum absolute atomic E-state index is 6.17. The third kappa shape index (κ3) is 2.65. The number of fused-ring (bicyclic) bond motifs is 3. The van der Waals surface area contributed by atoms with Crippen LogP contribution in [0.25, 0.3) is 21.8 Å². The average Bonchev–Trinajstić information content (AvgIpc) is 2.89. The summed E-state index contributed by atoms with van der Waals surface area (Å²) in [5, 5.41) is 2.34. The summed E-state index contributed by atoms with van der Waals surface area (Å²) in [5.74, 6) is 0.520. The third-order valence-corrected chi connectivity index (χ3v) is 4.73. The van der Waals surface area contributed by atoms with Crippen LogP contribution in [0.4, 0.5) is 11.5 Å². The Kier molecular flexibility index (Phi) is 4.53. The van der Waals surface area contributed by atoms with Crippen LogP contribution in [-0.2, 0) is 6.54 Å². The van der Waals surface area contributed by atoms with Gasteiger partial charge in [0.25, 0.3) is 5.69 Å². The van der Waals surface area contributed by atoms with Gasteiger partial charge in [-0.3, -0.25) is 0 Å². The summed E-state index contributed by atoms with van der Waals surface area (Å²) in [6.07, 6.45) is 1.88. The van der Waals surface area contributed by atoms with Crippen molar-refractivity contribution in [1.29, 1.82) is 0 Å². The van der Waals surface area contributed by atoms with Crippen molar-refractivity contribution in [3.63, 3.8) is 0 Å². The number of nitrogens with zero attached hydrogens (tertiary/aromatic N) is 4. The third-order valence-electron chi connectivity index (χ3n) is 4.73. The Morgan fingerprint density at radius 3 is 2.58 bits per heavy atom. The average molecular weight is 324 g/mol. The van der Waals surface area contributed by atoms with E-state index in [0.717, 1.165) is 42.8 Å². The summed E-state index contributed by atoms with van der Waals surface area (Å²) < 4.78 is 4.18. The number of likely N-dealkylation sites (N-methyl/N-ethyl adjacent to an activating group) is 1. The molecule has 0 spiro atoms. The van der Waals surface area contributed by atoms with Crippen LogP contribution in [0.1, 0.15) is 13.8 Å². The highest BCUT2D eigenvalue weighted by atomic mass is 15.1. The van der Waals surface area contributed by atoms with Crippen molar-refractivity contribution >= 4 is 40.0 Å². The molecular weight excluding hydrogens is 298 g/mol. The first-order chi connectivity index (χ1) is 11.6. The molecule has 3 rings (SSSR count). The molecule has 3 aromatic rings. The van der Waals surface area contributed by atoms with Crippen LogP contribution in [0.2, 0.25) is 0 Å². The minimum atomic E-state index is 0.520. The number of pyridine rings is 1. The number of hydrogen-bond donors (Lipinski definition) is 1. The first kappa shape index (κ1) is 16.5. The van der Waals surface area contributed by atoms with Crippen LogP contribution in [0.5, 0.6) is 0 Å². The number of aromatic nitrogens is 2. The van der Waals surface area contributed by atoms with E-state index in [1.807, 2.05) is 17.8 Å². The molecule has 5 nitrogen and oxygen atoms in total. The van der Waals surface area contributed by atoms with E-state index in [-0.39, 0.29) is 0 Å². The summed E-state index contributed by atoms with van der Waals surface area (Å²) in [7, 11) is 1.92. The number of nitrogens with two attached hydrogens (primary N) is 1. The second kappa shape index (κ2) is 6.61. The lowest BCUT2D eigenvalue weighted by Crippen LogP contribution is -2.27. The van der Waals surface area contributed by atoms with Gasteiger partial charge in [-0.25, -0.2) is 9.56 Å². The molecule has 0 saturated heterocycles. The van der Waals surface area contributed by atoms with Crippen LogP contribution in [-0.4, -0.2) is 52.4 Å². The highest BCUT2D eigenvalue weighted by Crippen LogP contribution is 2.36. The first-order valence-corrected chi connectivity index (χ1v) is 8.50. The van der Waals surface area contributed by atoms with E-state index in [2.05, 4.69) is 59.3 Å². The van der Waals surface area contributed by atoms with Gasteiger partial charge < -0.3 is 15.2 Å². The lowest BCUT2D eigenvalue weighted by Gasteiger charge is -2.19. The molecule has 0 radical (unpaired) electrons. The van der Waals surface area contributed by atoms with Crippen LogP contribution in [0.3, 0.4) is 0 Å². The Morgan fingerprint density at radius 1 is 1.21 bits per heavy atom. The highest BCUT2D eigenvalue weighted by molar-refractivity contribution is 6.11. The number of anilines is 1. The van der Waals surface area contributed by atoms with Crippen LogP contribution < -0.4 is 5.73 Å². The Bertz CT molecular complexity index is 890. The fourth-order valence-corrected chi connectivity index (χ4v) is 3.42. The minimum Gasteiger partial charge on any atom is -0.378 e. The van der Waals surface area contributed by atoms with Crippen LogP contribution >= 0.6 is 0 Å². The lowest BCUT2D eigenvalue weighted by atomic mass is 10.2. The van der Waals surface area contributed by atoms with Gasteiger partial charge in [-0.05, 0) is 19.2 Å². The molecule has 0 fully saturated rings. The molecular formula is C19H26N5+. The zero-order chi connectivity index (χ0) is 17.3. The predicted molar refractivity (Wildman–Crippen MR) is 102 cm³/mol. The van der Waals surface area contributed by atoms with Gasteiger partial charge in [0, 0.05) is 35.6 Å². The Labute approximate surface area is 143 Å². The standard InChI is InChI=1S/C19H26N5/c1-5-23(6-2)11-12-24-16-10-8-7-9-14(16)15-13-21-19(20)18(17(15)24)22(3)4/h7-10,13H,3,5-6,11-12H2,1-2,4H3,(H2,20,21)/q+1. The van der Waals surface area contributed by atoms with Gasteiger partial charge in [0.1, 0.15) is 19.3 Å².